The molecule has 27 heavy (non-hydrogen) atoms. The van der Waals surface area contributed by atoms with Gasteiger partial charge in [-0.05, 0) is 37.5 Å². The van der Waals surface area contributed by atoms with Crippen LogP contribution < -0.4 is 5.73 Å². The Morgan fingerprint density at radius 1 is 1.33 bits per heavy atom. The van der Waals surface area contributed by atoms with Crippen molar-refractivity contribution in [1.29, 1.82) is 0 Å². The van der Waals surface area contributed by atoms with Gasteiger partial charge in [-0.25, -0.2) is 4.39 Å². The van der Waals surface area contributed by atoms with E-state index in [-0.39, 0.29) is 49.6 Å². The van der Waals surface area contributed by atoms with Crippen molar-refractivity contribution >= 4 is 11.8 Å². The van der Waals surface area contributed by atoms with Crippen LogP contribution in [0.3, 0.4) is 0 Å². The van der Waals surface area contributed by atoms with E-state index in [9.17, 15) is 18.0 Å². The molecule has 5 atom stereocenters. The number of carboxylic acid groups (broad SMARTS) is 1. The quantitative estimate of drug-likeness (QED) is 0.571. The van der Waals surface area contributed by atoms with Crippen LogP contribution in [-0.2, 0) is 4.79 Å². The molecule has 5 aliphatic rings. The molecule has 0 aromatic rings. The van der Waals surface area contributed by atoms with Gasteiger partial charge in [-0.15, -0.1) is 0 Å². The highest BCUT2D eigenvalue weighted by molar-refractivity contribution is 5.99. The highest BCUT2D eigenvalue weighted by atomic mass is 19.3. The molecule has 2 aliphatic carbocycles. The number of carbonyl (C=O) groups is 1. The number of alkyl halides is 3. The highest BCUT2D eigenvalue weighted by Gasteiger charge is 2.50. The number of carboxylic acids is 1. The summed E-state index contributed by atoms with van der Waals surface area (Å²) in [7, 11) is 0. The van der Waals surface area contributed by atoms with E-state index in [0.29, 0.717) is 24.5 Å². The Morgan fingerprint density at radius 2 is 2.00 bits per heavy atom. The Balaban J connectivity index is 1.58. The number of amidine groups is 1. The van der Waals surface area contributed by atoms with Gasteiger partial charge in [0.1, 0.15) is 6.17 Å². The molecule has 0 amide bonds. The average Bonchev–Trinajstić information content (AvgIpc) is 2.89. The first-order valence-corrected chi connectivity index (χ1v) is 9.50. The van der Waals surface area contributed by atoms with E-state index in [1.54, 1.807) is 11.9 Å². The SMILES string of the molecule is C[C@H]1C(F)CN1N=C(C1=C(N)C(F)(F)CC1)N1C[C@H]2C[C@@H](C1)C2CC(=O)O. The maximum Gasteiger partial charge on any atom is 0.303 e. The Labute approximate surface area is 155 Å². The van der Waals surface area contributed by atoms with Crippen LogP contribution in [0.15, 0.2) is 16.4 Å². The van der Waals surface area contributed by atoms with E-state index in [1.165, 1.54) is 0 Å². The van der Waals surface area contributed by atoms with Gasteiger partial charge in [0.15, 0.2) is 5.84 Å². The van der Waals surface area contributed by atoms with Gasteiger partial charge in [0, 0.05) is 31.5 Å². The summed E-state index contributed by atoms with van der Waals surface area (Å²) < 4.78 is 41.5. The summed E-state index contributed by atoms with van der Waals surface area (Å²) in [6.45, 7) is 3.03. The fourth-order valence-electron chi connectivity index (χ4n) is 4.81. The first kappa shape index (κ1) is 18.4. The largest absolute Gasteiger partial charge is 0.481 e. The number of hydrogen-bond donors (Lipinski definition) is 2. The molecule has 3 N–H and O–H groups in total. The number of nitrogens with two attached hydrogens (primary N) is 1. The second-order valence-electron chi connectivity index (χ2n) is 8.32. The Kier molecular flexibility index (Phi) is 4.31. The van der Waals surface area contributed by atoms with Crippen LogP contribution in [0.2, 0.25) is 0 Å². The topological polar surface area (TPSA) is 82.2 Å². The lowest BCUT2D eigenvalue weighted by Crippen LogP contribution is -2.59. The summed E-state index contributed by atoms with van der Waals surface area (Å²) in [5, 5.41) is 15.2. The van der Waals surface area contributed by atoms with Crippen molar-refractivity contribution in [1.82, 2.24) is 9.91 Å². The number of nitrogens with zero attached hydrogens (tertiary/aromatic N) is 3. The first-order valence-electron chi connectivity index (χ1n) is 9.50. The lowest BCUT2D eigenvalue weighted by molar-refractivity contribution is -0.142. The van der Waals surface area contributed by atoms with Crippen LogP contribution in [0.4, 0.5) is 13.2 Å². The number of rotatable bonds is 4. The van der Waals surface area contributed by atoms with Crippen molar-refractivity contribution in [3.8, 4) is 0 Å². The van der Waals surface area contributed by atoms with E-state index < -0.39 is 23.8 Å². The fraction of sp³-hybridized carbons (Fsp3) is 0.778. The van der Waals surface area contributed by atoms with Gasteiger partial charge in [-0.1, -0.05) is 0 Å². The zero-order valence-electron chi connectivity index (χ0n) is 15.2. The minimum absolute atomic E-state index is 0.134. The molecular weight excluding hydrogens is 361 g/mol. The smallest absolute Gasteiger partial charge is 0.303 e. The standard InChI is InChI=1S/C18H25F3N4O2/c1-9-14(19)8-25(9)23-17(12-2-3-18(20,21)16(12)22)24-6-10-4-11(7-24)13(10)5-15(26)27/h9-11,13-14H,2-8,22H2,1H3,(H,26,27)/t9-,10-,11+,13?,14?/m0/s1. The number of allylic oxidation sites excluding steroid dienone is 1. The van der Waals surface area contributed by atoms with E-state index in [4.69, 9.17) is 10.8 Å². The minimum Gasteiger partial charge on any atom is -0.481 e. The molecule has 0 spiro atoms. The van der Waals surface area contributed by atoms with E-state index in [2.05, 4.69) is 5.10 Å². The van der Waals surface area contributed by atoms with Gasteiger partial charge in [0.25, 0.3) is 5.92 Å². The lowest BCUT2D eigenvalue weighted by Gasteiger charge is -2.54. The maximum atomic E-state index is 14.0. The predicted octanol–water partition coefficient (Wildman–Crippen LogP) is 2.03. The predicted molar refractivity (Wildman–Crippen MR) is 92.8 cm³/mol. The van der Waals surface area contributed by atoms with Crippen molar-refractivity contribution in [2.75, 3.05) is 19.6 Å². The number of aliphatic carboxylic acids is 1. The number of piperidine rings is 2. The second-order valence-corrected chi connectivity index (χ2v) is 8.32. The van der Waals surface area contributed by atoms with Crippen molar-refractivity contribution in [2.24, 2.45) is 28.6 Å². The molecule has 9 heteroatoms. The van der Waals surface area contributed by atoms with E-state index >= 15 is 0 Å². The number of hydrazone groups is 1. The fourth-order valence-corrected chi connectivity index (χ4v) is 4.81. The average molecular weight is 386 g/mol. The molecule has 4 fully saturated rings. The van der Waals surface area contributed by atoms with Crippen LogP contribution in [-0.4, -0.2) is 64.6 Å². The number of halogens is 3. The Hall–Kier alpha value is -1.93. The third-order valence-corrected chi connectivity index (χ3v) is 6.69. The molecule has 0 aromatic carbocycles. The van der Waals surface area contributed by atoms with Crippen molar-refractivity contribution in [3.63, 3.8) is 0 Å². The summed E-state index contributed by atoms with van der Waals surface area (Å²) >= 11 is 0. The van der Waals surface area contributed by atoms with Crippen LogP contribution >= 0.6 is 0 Å². The van der Waals surface area contributed by atoms with Crippen LogP contribution in [0.1, 0.15) is 32.6 Å². The molecule has 3 aliphatic heterocycles. The van der Waals surface area contributed by atoms with Gasteiger partial charge in [0.2, 0.25) is 0 Å². The van der Waals surface area contributed by atoms with Crippen molar-refractivity contribution in [2.45, 2.75) is 50.7 Å². The molecule has 6 nitrogen and oxygen atoms in total. The molecule has 2 bridgehead atoms. The summed E-state index contributed by atoms with van der Waals surface area (Å²) in [4.78, 5) is 13.0. The normalized spacial score (nSPS) is 37.9. The molecule has 3 heterocycles. The molecule has 0 radical (unpaired) electrons. The number of hydrogen-bond acceptors (Lipinski definition) is 4. The zero-order chi connectivity index (χ0) is 19.5. The second kappa shape index (κ2) is 6.31. The summed E-state index contributed by atoms with van der Waals surface area (Å²) in [5.41, 5.74) is 5.67. The third-order valence-electron chi connectivity index (χ3n) is 6.69. The van der Waals surface area contributed by atoms with Crippen molar-refractivity contribution < 1.29 is 23.1 Å². The lowest BCUT2D eigenvalue weighted by atomic mass is 9.60. The van der Waals surface area contributed by atoms with Gasteiger partial charge < -0.3 is 15.7 Å². The molecule has 2 unspecified atom stereocenters. The monoisotopic (exact) mass is 386 g/mol. The molecule has 3 saturated heterocycles. The van der Waals surface area contributed by atoms with Gasteiger partial charge in [-0.2, -0.15) is 13.9 Å². The summed E-state index contributed by atoms with van der Waals surface area (Å²) in [5.74, 6) is -2.85. The van der Waals surface area contributed by atoms with Crippen LogP contribution in [0.25, 0.3) is 0 Å². The minimum atomic E-state index is -3.04. The molecule has 0 aromatic heterocycles. The van der Waals surface area contributed by atoms with Gasteiger partial charge >= 0.3 is 5.97 Å². The zero-order valence-corrected chi connectivity index (χ0v) is 15.2. The molecule has 150 valence electrons. The molecule has 5 rings (SSSR count). The molecular formula is C18H25F3N4O2. The van der Waals surface area contributed by atoms with Gasteiger partial charge in [-0.3, -0.25) is 9.80 Å². The van der Waals surface area contributed by atoms with E-state index in [0.717, 1.165) is 6.42 Å². The first-order chi connectivity index (χ1) is 12.7. The van der Waals surface area contributed by atoms with Crippen LogP contribution in [0, 0.1) is 17.8 Å². The van der Waals surface area contributed by atoms with Crippen LogP contribution in [0.5, 0.6) is 0 Å². The summed E-state index contributed by atoms with van der Waals surface area (Å²) in [6.07, 6.45) is -0.0640. The highest BCUT2D eigenvalue weighted by Crippen LogP contribution is 2.48. The van der Waals surface area contributed by atoms with E-state index in [1.807, 2.05) is 4.90 Å². The molecule has 1 saturated carbocycles. The van der Waals surface area contributed by atoms with Crippen molar-refractivity contribution in [3.05, 3.63) is 11.3 Å². The summed E-state index contributed by atoms with van der Waals surface area (Å²) in [6, 6.07) is -0.386. The maximum absolute atomic E-state index is 14.0. The third kappa shape index (κ3) is 3.04. The number of fused-ring (bicyclic) bond motifs is 2. The Morgan fingerprint density at radius 3 is 2.48 bits per heavy atom. The van der Waals surface area contributed by atoms with Gasteiger partial charge in [0.05, 0.1) is 18.3 Å². The Bertz CT molecular complexity index is 699.